The van der Waals surface area contributed by atoms with Crippen LogP contribution in [0.3, 0.4) is 0 Å². The van der Waals surface area contributed by atoms with Crippen LogP contribution in [0.4, 0.5) is 24.7 Å². The Morgan fingerprint density at radius 1 is 1.09 bits per heavy atom. The number of benzene rings is 2. The van der Waals surface area contributed by atoms with Crippen LogP contribution in [0, 0.1) is 25.7 Å². The summed E-state index contributed by atoms with van der Waals surface area (Å²) in [7, 11) is 2.00. The van der Waals surface area contributed by atoms with Crippen molar-refractivity contribution >= 4 is 23.4 Å². The number of carbonyl (C=O) groups excluding carboxylic acids is 1. The number of hydrogen-bond donors (Lipinski definition) is 2. The Morgan fingerprint density at radius 3 is 2.55 bits per heavy atom. The van der Waals surface area contributed by atoms with Crippen molar-refractivity contribution in [2.24, 2.45) is 4.99 Å². The number of aliphatic imine (C=N–C) groups is 1. The highest BCUT2D eigenvalue weighted by Gasteiger charge is 2.34. The van der Waals surface area contributed by atoms with Crippen LogP contribution in [-0.4, -0.2) is 77.6 Å². The summed E-state index contributed by atoms with van der Waals surface area (Å²) in [5.74, 6) is 5.99. The van der Waals surface area contributed by atoms with Gasteiger partial charge in [0.05, 0.1) is 23.5 Å². The van der Waals surface area contributed by atoms with E-state index in [1.165, 1.54) is 18.3 Å². The van der Waals surface area contributed by atoms with E-state index in [2.05, 4.69) is 42.3 Å². The predicted molar refractivity (Wildman–Crippen MR) is 163 cm³/mol. The summed E-state index contributed by atoms with van der Waals surface area (Å²) < 4.78 is 47.5. The lowest BCUT2D eigenvalue weighted by atomic mass is 10.0. The fraction of sp³-hybridized carbons (Fsp3) is 0.375. The molecule has 0 bridgehead atoms. The first-order valence-corrected chi connectivity index (χ1v) is 14.3. The third-order valence-corrected chi connectivity index (χ3v) is 7.46. The van der Waals surface area contributed by atoms with Crippen LogP contribution in [0.2, 0.25) is 0 Å². The number of likely N-dealkylation sites (N-methyl/N-ethyl adjacent to an activating group) is 1. The number of hydrogen-bond acceptors (Lipinski definition) is 8. The molecule has 2 N–H and O–H groups in total. The van der Waals surface area contributed by atoms with Gasteiger partial charge in [-0.1, -0.05) is 18.1 Å². The number of aryl methyl sites for hydroxylation is 2. The lowest BCUT2D eigenvalue weighted by Crippen LogP contribution is -2.44. The molecule has 0 aliphatic carbocycles. The standard InChI is InChI=1S/C32H34F3N7O2/c1-20-5-6-24(15-23(20)7-10-27-17-36-29(22(3)38-27)40-31-37-21(2)19-44-31)30(43)39-26-9-8-25(28(16-26)32(33,34)35)18-42-13-11-41(4)12-14-42/h5-6,8-9,15-17,21H,11-14,18-19H2,1-4H3,(H,39,43)(H,36,37,40)/t21-/m0/s1. The third kappa shape index (κ3) is 7.72. The lowest BCUT2D eigenvalue weighted by Gasteiger charge is -2.33. The molecule has 230 valence electrons. The fourth-order valence-corrected chi connectivity index (χ4v) is 4.84. The molecular formula is C32H34F3N7O2. The molecule has 0 saturated carbocycles. The molecule has 1 amide bonds. The van der Waals surface area contributed by atoms with Crippen molar-refractivity contribution in [3.63, 3.8) is 0 Å². The number of alkyl halides is 3. The van der Waals surface area contributed by atoms with E-state index in [-0.39, 0.29) is 29.4 Å². The van der Waals surface area contributed by atoms with Crippen LogP contribution >= 0.6 is 0 Å². The maximum absolute atomic E-state index is 14.0. The molecule has 3 heterocycles. The number of piperazine rings is 1. The van der Waals surface area contributed by atoms with Crippen LogP contribution in [0.15, 0.2) is 47.6 Å². The summed E-state index contributed by atoms with van der Waals surface area (Å²) >= 11 is 0. The summed E-state index contributed by atoms with van der Waals surface area (Å²) in [4.78, 5) is 30.4. The second-order valence-corrected chi connectivity index (χ2v) is 11.1. The average Bonchev–Trinajstić information content (AvgIpc) is 3.39. The number of nitrogens with one attached hydrogen (secondary N) is 2. The van der Waals surface area contributed by atoms with E-state index in [1.54, 1.807) is 25.1 Å². The van der Waals surface area contributed by atoms with Crippen molar-refractivity contribution < 1.29 is 22.7 Å². The van der Waals surface area contributed by atoms with E-state index in [0.29, 0.717) is 48.5 Å². The Hall–Kier alpha value is -4.47. The second kappa shape index (κ2) is 13.0. The molecule has 0 unspecified atom stereocenters. The molecule has 5 rings (SSSR count). The zero-order valence-electron chi connectivity index (χ0n) is 25.0. The molecule has 2 aliphatic heterocycles. The molecule has 12 heteroatoms. The Kier molecular flexibility index (Phi) is 9.17. The van der Waals surface area contributed by atoms with Crippen molar-refractivity contribution in [3.05, 3.63) is 81.8 Å². The van der Waals surface area contributed by atoms with E-state index >= 15 is 0 Å². The van der Waals surface area contributed by atoms with Gasteiger partial charge in [0.25, 0.3) is 11.9 Å². The molecular weight excluding hydrogens is 571 g/mol. The van der Waals surface area contributed by atoms with Gasteiger partial charge in [-0.3, -0.25) is 15.0 Å². The number of aromatic nitrogens is 2. The molecule has 44 heavy (non-hydrogen) atoms. The molecule has 2 aromatic carbocycles. The molecule has 1 atom stereocenters. The molecule has 1 saturated heterocycles. The van der Waals surface area contributed by atoms with Crippen molar-refractivity contribution in [1.82, 2.24) is 19.8 Å². The van der Waals surface area contributed by atoms with Gasteiger partial charge in [0.1, 0.15) is 12.3 Å². The van der Waals surface area contributed by atoms with Gasteiger partial charge in [-0.2, -0.15) is 13.2 Å². The SMILES string of the molecule is Cc1ccc(C(=O)Nc2ccc(CN3CCN(C)CC3)c(C(F)(F)F)c2)cc1C#Cc1cnc(NC2=N[C@@H](C)CO2)c(C)n1. The first kappa shape index (κ1) is 31.0. The zero-order valence-corrected chi connectivity index (χ0v) is 25.0. The van der Waals surface area contributed by atoms with Crippen molar-refractivity contribution in [2.45, 2.75) is 39.5 Å². The first-order valence-electron chi connectivity index (χ1n) is 14.3. The molecule has 1 fully saturated rings. The van der Waals surface area contributed by atoms with Gasteiger partial charge in [0, 0.05) is 49.5 Å². The maximum atomic E-state index is 14.0. The Bertz CT molecular complexity index is 1640. The number of amidine groups is 1. The molecule has 9 nitrogen and oxygen atoms in total. The second-order valence-electron chi connectivity index (χ2n) is 11.1. The zero-order chi connectivity index (χ0) is 31.4. The summed E-state index contributed by atoms with van der Waals surface area (Å²) in [6.45, 7) is 9.31. The van der Waals surface area contributed by atoms with Gasteiger partial charge in [0.2, 0.25) is 0 Å². The van der Waals surface area contributed by atoms with E-state index in [1.807, 2.05) is 25.8 Å². The topological polar surface area (TPSA) is 95.0 Å². The quantitative estimate of drug-likeness (QED) is 0.408. The van der Waals surface area contributed by atoms with Crippen LogP contribution in [0.1, 0.15) is 50.9 Å². The van der Waals surface area contributed by atoms with E-state index in [9.17, 15) is 18.0 Å². The Morgan fingerprint density at radius 2 is 1.86 bits per heavy atom. The highest BCUT2D eigenvalue weighted by Crippen LogP contribution is 2.34. The predicted octanol–water partition coefficient (Wildman–Crippen LogP) is 4.70. The molecule has 1 aromatic heterocycles. The molecule has 3 aromatic rings. The van der Waals surface area contributed by atoms with Crippen molar-refractivity contribution in [3.8, 4) is 11.8 Å². The number of ether oxygens (including phenoxy) is 1. The average molecular weight is 606 g/mol. The van der Waals surface area contributed by atoms with Gasteiger partial charge in [0.15, 0.2) is 5.82 Å². The lowest BCUT2D eigenvalue weighted by molar-refractivity contribution is -0.138. The minimum atomic E-state index is -4.55. The van der Waals surface area contributed by atoms with Crippen LogP contribution in [-0.2, 0) is 17.5 Å². The number of amides is 1. The van der Waals surface area contributed by atoms with Crippen LogP contribution in [0.5, 0.6) is 0 Å². The molecule has 0 radical (unpaired) electrons. The summed E-state index contributed by atoms with van der Waals surface area (Å²) in [5, 5.41) is 5.64. The van der Waals surface area contributed by atoms with Gasteiger partial charge < -0.3 is 15.0 Å². The normalized spacial score (nSPS) is 17.3. The monoisotopic (exact) mass is 605 g/mol. The highest BCUT2D eigenvalue weighted by atomic mass is 19.4. The molecule has 0 spiro atoms. The third-order valence-electron chi connectivity index (χ3n) is 7.46. The summed E-state index contributed by atoms with van der Waals surface area (Å²) in [5.41, 5.74) is 2.23. The fourth-order valence-electron chi connectivity index (χ4n) is 4.84. The highest BCUT2D eigenvalue weighted by molar-refractivity contribution is 6.04. The number of carbonyl (C=O) groups is 1. The first-order chi connectivity index (χ1) is 20.9. The van der Waals surface area contributed by atoms with Crippen LogP contribution in [0.25, 0.3) is 0 Å². The summed E-state index contributed by atoms with van der Waals surface area (Å²) in [6, 6.07) is 9.40. The summed E-state index contributed by atoms with van der Waals surface area (Å²) in [6.07, 6.45) is -3.03. The van der Waals surface area contributed by atoms with Gasteiger partial charge in [-0.05, 0) is 69.1 Å². The van der Waals surface area contributed by atoms with Gasteiger partial charge in [-0.15, -0.1) is 0 Å². The Balaban J connectivity index is 1.29. The smallest absolute Gasteiger partial charge is 0.416 e. The van der Waals surface area contributed by atoms with E-state index in [4.69, 9.17) is 4.74 Å². The minimum Gasteiger partial charge on any atom is -0.463 e. The number of nitrogens with zero attached hydrogens (tertiary/aromatic N) is 5. The number of halogens is 3. The number of rotatable bonds is 5. The van der Waals surface area contributed by atoms with Gasteiger partial charge >= 0.3 is 6.18 Å². The van der Waals surface area contributed by atoms with Crippen LogP contribution < -0.4 is 10.6 Å². The largest absolute Gasteiger partial charge is 0.463 e. The van der Waals surface area contributed by atoms with Crippen molar-refractivity contribution in [2.75, 3.05) is 50.5 Å². The molecule has 2 aliphatic rings. The minimum absolute atomic E-state index is 0.0699. The van der Waals surface area contributed by atoms with E-state index in [0.717, 1.165) is 24.7 Å². The van der Waals surface area contributed by atoms with E-state index < -0.39 is 17.6 Å². The maximum Gasteiger partial charge on any atom is 0.416 e. The Labute approximate surface area is 254 Å². The van der Waals surface area contributed by atoms with Gasteiger partial charge in [-0.25, -0.2) is 15.0 Å². The number of anilines is 2. The van der Waals surface area contributed by atoms with Crippen molar-refractivity contribution in [1.29, 1.82) is 0 Å².